The fraction of sp³-hybridized carbons (Fsp3) is 0.231. The Bertz CT molecular complexity index is 598. The summed E-state index contributed by atoms with van der Waals surface area (Å²) in [6.07, 6.45) is 2.56. The third-order valence-corrected chi connectivity index (χ3v) is 2.59. The highest BCUT2D eigenvalue weighted by Gasteiger charge is 2.10. The number of hydrogen-bond acceptors (Lipinski definition) is 3. The van der Waals surface area contributed by atoms with Crippen LogP contribution in [-0.2, 0) is 11.3 Å². The minimum absolute atomic E-state index is 0.168. The first-order valence-corrected chi connectivity index (χ1v) is 5.97. The van der Waals surface area contributed by atoms with E-state index < -0.39 is 6.55 Å². The zero-order chi connectivity index (χ0) is 14.5. The van der Waals surface area contributed by atoms with E-state index in [1.54, 1.807) is 24.3 Å². The maximum atomic E-state index is 12.6. The first-order chi connectivity index (χ1) is 9.56. The molecule has 0 saturated carbocycles. The van der Waals surface area contributed by atoms with Crippen LogP contribution in [0.15, 0.2) is 36.7 Å². The zero-order valence-corrected chi connectivity index (χ0v) is 10.8. The predicted molar refractivity (Wildman–Crippen MR) is 71.6 cm³/mol. The Kier molecular flexibility index (Phi) is 4.29. The summed E-state index contributed by atoms with van der Waals surface area (Å²) in [5.74, 6) is 0.0697. The predicted octanol–water partition coefficient (Wildman–Crippen LogP) is 2.85. The highest BCUT2D eigenvalue weighted by molar-refractivity contribution is 5.89. The van der Waals surface area contributed by atoms with Crippen LogP contribution in [0.5, 0.6) is 0 Å². The number of nitrogens with zero attached hydrogens (tertiary/aromatic N) is 2. The van der Waals surface area contributed by atoms with Gasteiger partial charge in [-0.25, -0.2) is 4.98 Å². The molecule has 0 aliphatic heterocycles. The molecule has 5 nitrogen and oxygen atoms in total. The number of imidazole rings is 1. The molecule has 0 aliphatic carbocycles. The van der Waals surface area contributed by atoms with Gasteiger partial charge in [0, 0.05) is 30.7 Å². The van der Waals surface area contributed by atoms with Crippen molar-refractivity contribution in [2.45, 2.75) is 20.0 Å². The van der Waals surface area contributed by atoms with Gasteiger partial charge in [-0.2, -0.15) is 8.78 Å². The summed E-state index contributed by atoms with van der Waals surface area (Å²) in [4.78, 5) is 14.8. The van der Waals surface area contributed by atoms with Gasteiger partial charge < -0.3 is 10.6 Å². The minimum atomic E-state index is -2.61. The lowest BCUT2D eigenvalue weighted by molar-refractivity contribution is -0.114. The molecule has 7 heteroatoms. The van der Waals surface area contributed by atoms with E-state index in [9.17, 15) is 13.6 Å². The third-order valence-electron chi connectivity index (χ3n) is 2.59. The smallest absolute Gasteiger partial charge is 0.319 e. The molecule has 0 fully saturated rings. The summed E-state index contributed by atoms with van der Waals surface area (Å²) in [5.41, 5.74) is 1.35. The van der Waals surface area contributed by atoms with E-state index in [1.165, 1.54) is 19.3 Å². The number of amides is 1. The maximum Gasteiger partial charge on any atom is 0.319 e. The molecule has 0 atom stereocenters. The fourth-order valence-electron chi connectivity index (χ4n) is 1.75. The average molecular weight is 280 g/mol. The van der Waals surface area contributed by atoms with Crippen LogP contribution < -0.4 is 10.6 Å². The number of carbonyl (C=O) groups is 1. The molecule has 0 spiro atoms. The van der Waals surface area contributed by atoms with Gasteiger partial charge in [0.1, 0.15) is 5.82 Å². The number of benzene rings is 1. The van der Waals surface area contributed by atoms with Crippen LogP contribution in [0.25, 0.3) is 0 Å². The Morgan fingerprint density at radius 2 is 2.15 bits per heavy atom. The zero-order valence-electron chi connectivity index (χ0n) is 10.8. The number of nitrogens with one attached hydrogen (secondary N) is 2. The van der Waals surface area contributed by atoms with Gasteiger partial charge in [0.05, 0.1) is 6.54 Å². The highest BCUT2D eigenvalue weighted by atomic mass is 19.3. The second-order valence-electron chi connectivity index (χ2n) is 4.14. The number of halogens is 2. The van der Waals surface area contributed by atoms with Crippen molar-refractivity contribution in [3.8, 4) is 0 Å². The second kappa shape index (κ2) is 6.14. The van der Waals surface area contributed by atoms with Crippen LogP contribution in [0.4, 0.5) is 20.2 Å². The van der Waals surface area contributed by atoms with Crippen LogP contribution in [-0.4, -0.2) is 15.5 Å². The van der Waals surface area contributed by atoms with E-state index in [4.69, 9.17) is 0 Å². The Morgan fingerprint density at radius 1 is 1.40 bits per heavy atom. The summed E-state index contributed by atoms with van der Waals surface area (Å²) in [7, 11) is 0. The van der Waals surface area contributed by atoms with Crippen molar-refractivity contribution in [3.05, 3.63) is 42.5 Å². The van der Waals surface area contributed by atoms with Crippen molar-refractivity contribution in [1.29, 1.82) is 0 Å². The van der Waals surface area contributed by atoms with Crippen molar-refractivity contribution in [2.75, 3.05) is 10.6 Å². The molecule has 20 heavy (non-hydrogen) atoms. The van der Waals surface area contributed by atoms with Crippen molar-refractivity contribution >= 4 is 17.3 Å². The van der Waals surface area contributed by atoms with Gasteiger partial charge in [-0.3, -0.25) is 9.36 Å². The number of hydrogen-bond donors (Lipinski definition) is 2. The molecule has 0 saturated heterocycles. The SMILES string of the molecule is CC(=O)Nc1cccc(NCc2nccn2C(F)F)c1. The number of aromatic nitrogens is 2. The van der Waals surface area contributed by atoms with Gasteiger partial charge in [0.15, 0.2) is 0 Å². The summed E-state index contributed by atoms with van der Waals surface area (Å²) < 4.78 is 26.1. The lowest BCUT2D eigenvalue weighted by Gasteiger charge is -2.10. The van der Waals surface area contributed by atoms with Crippen molar-refractivity contribution in [2.24, 2.45) is 0 Å². The van der Waals surface area contributed by atoms with Gasteiger partial charge in [0.25, 0.3) is 0 Å². The van der Waals surface area contributed by atoms with Crippen molar-refractivity contribution in [1.82, 2.24) is 9.55 Å². The molecule has 0 radical (unpaired) electrons. The quantitative estimate of drug-likeness (QED) is 0.885. The van der Waals surface area contributed by atoms with Gasteiger partial charge in [0.2, 0.25) is 5.91 Å². The molecule has 0 unspecified atom stereocenters. The van der Waals surface area contributed by atoms with Gasteiger partial charge in [-0.05, 0) is 18.2 Å². The van der Waals surface area contributed by atoms with Crippen LogP contribution in [0.1, 0.15) is 19.3 Å². The Labute approximate surface area is 114 Å². The molecule has 2 N–H and O–H groups in total. The van der Waals surface area contributed by atoms with E-state index in [2.05, 4.69) is 15.6 Å². The molecule has 1 aromatic heterocycles. The monoisotopic (exact) mass is 280 g/mol. The molecule has 1 aromatic carbocycles. The standard InChI is InChI=1S/C13H14F2N4O/c1-9(20)18-11-4-2-3-10(7-11)17-8-12-16-5-6-19(12)13(14)15/h2-7,13,17H,8H2,1H3,(H,18,20). The van der Waals surface area contributed by atoms with Gasteiger partial charge in [-0.15, -0.1) is 0 Å². The van der Waals surface area contributed by atoms with E-state index >= 15 is 0 Å². The van der Waals surface area contributed by atoms with Crippen molar-refractivity contribution in [3.63, 3.8) is 0 Å². The Morgan fingerprint density at radius 3 is 2.85 bits per heavy atom. The van der Waals surface area contributed by atoms with Crippen molar-refractivity contribution < 1.29 is 13.6 Å². The molecule has 0 bridgehead atoms. The van der Waals surface area contributed by atoms with Crippen LogP contribution in [0.3, 0.4) is 0 Å². The number of rotatable bonds is 5. The lowest BCUT2D eigenvalue weighted by atomic mass is 10.2. The number of anilines is 2. The molecule has 2 rings (SSSR count). The molecular formula is C13H14F2N4O. The maximum absolute atomic E-state index is 12.6. The first-order valence-electron chi connectivity index (χ1n) is 5.97. The largest absolute Gasteiger partial charge is 0.378 e. The van der Waals surface area contributed by atoms with E-state index in [-0.39, 0.29) is 18.3 Å². The second-order valence-corrected chi connectivity index (χ2v) is 4.14. The Hall–Kier alpha value is -2.44. The molecular weight excluding hydrogens is 266 g/mol. The minimum Gasteiger partial charge on any atom is -0.378 e. The summed E-state index contributed by atoms with van der Waals surface area (Å²) in [6, 6.07) is 7.00. The van der Waals surface area contributed by atoms with E-state index in [0.717, 1.165) is 4.57 Å². The summed E-state index contributed by atoms with van der Waals surface area (Å²) in [6.45, 7) is -1.03. The van der Waals surface area contributed by atoms with Gasteiger partial charge in [-0.1, -0.05) is 6.07 Å². The number of carbonyl (C=O) groups excluding carboxylic acids is 1. The summed E-state index contributed by atoms with van der Waals surface area (Å²) >= 11 is 0. The van der Waals surface area contributed by atoms with Crippen LogP contribution in [0.2, 0.25) is 0 Å². The lowest BCUT2D eigenvalue weighted by Crippen LogP contribution is -2.09. The van der Waals surface area contributed by atoms with Gasteiger partial charge >= 0.3 is 6.55 Å². The molecule has 1 heterocycles. The summed E-state index contributed by atoms with van der Waals surface area (Å²) in [5, 5.41) is 5.64. The fourth-order valence-corrected chi connectivity index (χ4v) is 1.75. The van der Waals surface area contributed by atoms with E-state index in [1.807, 2.05) is 0 Å². The normalized spacial score (nSPS) is 10.6. The Balaban J connectivity index is 2.03. The topological polar surface area (TPSA) is 59.0 Å². The molecule has 106 valence electrons. The highest BCUT2D eigenvalue weighted by Crippen LogP contribution is 2.17. The molecule has 2 aromatic rings. The molecule has 1 amide bonds. The third kappa shape index (κ3) is 3.53. The first kappa shape index (κ1) is 14.0. The van der Waals surface area contributed by atoms with E-state index in [0.29, 0.717) is 11.4 Å². The van der Waals surface area contributed by atoms with Crippen LogP contribution >= 0.6 is 0 Å². The average Bonchev–Trinajstić information content (AvgIpc) is 2.84. The number of alkyl halides is 2. The van der Waals surface area contributed by atoms with Crippen LogP contribution in [0, 0.1) is 0 Å². The molecule has 0 aliphatic rings.